The summed E-state index contributed by atoms with van der Waals surface area (Å²) >= 11 is 0. The first-order valence-electron chi connectivity index (χ1n) is 5.25. The topological polar surface area (TPSA) is 42.2 Å². The Morgan fingerprint density at radius 2 is 2.18 bits per heavy atom. The van der Waals surface area contributed by atoms with E-state index in [-0.39, 0.29) is 17.9 Å². The smallest absolute Gasteiger partial charge is 0.387 e. The second-order valence-corrected chi connectivity index (χ2v) is 3.21. The first-order valence-corrected chi connectivity index (χ1v) is 5.25. The van der Waals surface area contributed by atoms with Crippen LogP contribution in [0.5, 0.6) is 11.5 Å². The molecular formula is C12H13F2NO2. The molecular weight excluding hydrogens is 228 g/mol. The summed E-state index contributed by atoms with van der Waals surface area (Å²) in [6.07, 6.45) is 0.606. The molecule has 3 nitrogen and oxygen atoms in total. The van der Waals surface area contributed by atoms with Crippen LogP contribution in [0.15, 0.2) is 18.2 Å². The fourth-order valence-corrected chi connectivity index (χ4v) is 1.44. The number of hydrogen-bond acceptors (Lipinski definition) is 3. The van der Waals surface area contributed by atoms with Crippen LogP contribution < -0.4 is 9.47 Å². The maximum Gasteiger partial charge on any atom is 0.387 e. The largest absolute Gasteiger partial charge is 0.490 e. The van der Waals surface area contributed by atoms with Crippen molar-refractivity contribution in [3.63, 3.8) is 0 Å². The molecule has 17 heavy (non-hydrogen) atoms. The van der Waals surface area contributed by atoms with Crippen LogP contribution in [-0.4, -0.2) is 13.2 Å². The summed E-state index contributed by atoms with van der Waals surface area (Å²) in [5.41, 5.74) is 0.554. The minimum atomic E-state index is -2.91. The zero-order valence-corrected chi connectivity index (χ0v) is 9.45. The Labute approximate surface area is 98.6 Å². The Morgan fingerprint density at radius 1 is 1.41 bits per heavy atom. The molecule has 0 radical (unpaired) electrons. The van der Waals surface area contributed by atoms with Crippen LogP contribution in [0.3, 0.4) is 0 Å². The number of nitrogens with zero attached hydrogens (tertiary/aromatic N) is 1. The highest BCUT2D eigenvalue weighted by Crippen LogP contribution is 2.33. The Morgan fingerprint density at radius 3 is 2.76 bits per heavy atom. The zero-order chi connectivity index (χ0) is 12.7. The Bertz CT molecular complexity index is 402. The van der Waals surface area contributed by atoms with Gasteiger partial charge in [-0.2, -0.15) is 14.0 Å². The lowest BCUT2D eigenvalue weighted by atomic mass is 10.1. The Hall–Kier alpha value is -1.83. The SMILES string of the molecule is CCOc1cccc(CCC#N)c1OC(F)F. The van der Waals surface area contributed by atoms with Crippen LogP contribution in [0.25, 0.3) is 0 Å². The maximum absolute atomic E-state index is 12.3. The van der Waals surface area contributed by atoms with Crippen molar-refractivity contribution in [1.82, 2.24) is 0 Å². The Kier molecular flexibility index (Phi) is 5.21. The predicted molar refractivity (Wildman–Crippen MR) is 58.2 cm³/mol. The molecule has 0 atom stereocenters. The molecule has 0 N–H and O–H groups in total. The summed E-state index contributed by atoms with van der Waals surface area (Å²) in [6, 6.07) is 6.87. The Balaban J connectivity index is 3.01. The van der Waals surface area contributed by atoms with Gasteiger partial charge in [-0.15, -0.1) is 0 Å². The molecule has 0 saturated heterocycles. The van der Waals surface area contributed by atoms with Crippen molar-refractivity contribution < 1.29 is 18.3 Å². The van der Waals surface area contributed by atoms with Gasteiger partial charge < -0.3 is 9.47 Å². The molecule has 0 bridgehead atoms. The van der Waals surface area contributed by atoms with Gasteiger partial charge in [0.25, 0.3) is 0 Å². The number of halogens is 2. The van der Waals surface area contributed by atoms with E-state index in [2.05, 4.69) is 4.74 Å². The van der Waals surface area contributed by atoms with Crippen molar-refractivity contribution in [3.8, 4) is 17.6 Å². The molecule has 0 heterocycles. The molecule has 0 unspecified atom stereocenters. The second-order valence-electron chi connectivity index (χ2n) is 3.21. The van der Waals surface area contributed by atoms with Crippen LogP contribution >= 0.6 is 0 Å². The van der Waals surface area contributed by atoms with Crippen LogP contribution in [0, 0.1) is 11.3 Å². The van der Waals surface area contributed by atoms with Crippen LogP contribution in [-0.2, 0) is 6.42 Å². The average molecular weight is 241 g/mol. The van der Waals surface area contributed by atoms with Gasteiger partial charge in [-0.25, -0.2) is 0 Å². The second kappa shape index (κ2) is 6.69. The number of aryl methyl sites for hydroxylation is 1. The highest BCUT2D eigenvalue weighted by Gasteiger charge is 2.15. The monoisotopic (exact) mass is 241 g/mol. The molecule has 5 heteroatoms. The number of hydrogen-bond donors (Lipinski definition) is 0. The molecule has 0 aliphatic rings. The average Bonchev–Trinajstić information content (AvgIpc) is 2.29. The number of rotatable bonds is 6. The maximum atomic E-state index is 12.3. The van der Waals surface area contributed by atoms with E-state index < -0.39 is 6.61 Å². The van der Waals surface area contributed by atoms with Crippen LogP contribution in [0.1, 0.15) is 18.9 Å². The number of alkyl halides is 2. The van der Waals surface area contributed by atoms with Gasteiger partial charge >= 0.3 is 6.61 Å². The van der Waals surface area contributed by atoms with Crippen LogP contribution in [0.2, 0.25) is 0 Å². The van der Waals surface area contributed by atoms with Crippen LogP contribution in [0.4, 0.5) is 8.78 Å². The summed E-state index contributed by atoms with van der Waals surface area (Å²) < 4.78 is 34.3. The first kappa shape index (κ1) is 13.2. The number of ether oxygens (including phenoxy) is 2. The van der Waals surface area contributed by atoms with E-state index >= 15 is 0 Å². The standard InChI is InChI=1S/C12H13F2NO2/c1-2-16-10-7-3-5-9(6-4-8-15)11(10)17-12(13)14/h3,5,7,12H,2,4,6H2,1H3. The molecule has 1 aromatic carbocycles. The van der Waals surface area contributed by atoms with Gasteiger partial charge in [0.05, 0.1) is 12.7 Å². The molecule has 0 aliphatic carbocycles. The van der Waals surface area contributed by atoms with E-state index in [1.165, 1.54) is 0 Å². The highest BCUT2D eigenvalue weighted by atomic mass is 19.3. The van der Waals surface area contributed by atoms with E-state index in [4.69, 9.17) is 10.00 Å². The van der Waals surface area contributed by atoms with Gasteiger partial charge in [0, 0.05) is 6.42 Å². The van der Waals surface area contributed by atoms with Crippen molar-refractivity contribution in [3.05, 3.63) is 23.8 Å². The van der Waals surface area contributed by atoms with E-state index in [1.807, 2.05) is 6.07 Å². The minimum Gasteiger partial charge on any atom is -0.490 e. The third-order valence-corrected chi connectivity index (χ3v) is 2.07. The summed E-state index contributed by atoms with van der Waals surface area (Å²) in [6.45, 7) is -0.785. The molecule has 1 rings (SSSR count). The summed E-state index contributed by atoms with van der Waals surface area (Å²) in [5, 5.41) is 8.50. The van der Waals surface area contributed by atoms with E-state index in [1.54, 1.807) is 25.1 Å². The summed E-state index contributed by atoms with van der Waals surface area (Å²) in [7, 11) is 0. The van der Waals surface area contributed by atoms with E-state index in [0.717, 1.165) is 0 Å². The lowest BCUT2D eigenvalue weighted by molar-refractivity contribution is -0.0520. The van der Waals surface area contributed by atoms with Gasteiger partial charge in [-0.1, -0.05) is 12.1 Å². The van der Waals surface area contributed by atoms with Gasteiger partial charge in [0.15, 0.2) is 11.5 Å². The lowest BCUT2D eigenvalue weighted by Gasteiger charge is -2.14. The molecule has 1 aromatic rings. The van der Waals surface area contributed by atoms with Gasteiger partial charge in [0.2, 0.25) is 0 Å². The van der Waals surface area contributed by atoms with Crippen molar-refractivity contribution in [2.24, 2.45) is 0 Å². The van der Waals surface area contributed by atoms with Crippen molar-refractivity contribution in [2.45, 2.75) is 26.4 Å². The third kappa shape index (κ3) is 3.91. The predicted octanol–water partition coefficient (Wildman–Crippen LogP) is 3.14. The molecule has 0 spiro atoms. The minimum absolute atomic E-state index is 0.0274. The molecule has 0 saturated carbocycles. The van der Waals surface area contributed by atoms with Gasteiger partial charge in [0.1, 0.15) is 0 Å². The summed E-state index contributed by atoms with van der Waals surface area (Å²) in [4.78, 5) is 0. The first-order chi connectivity index (χ1) is 8.19. The number of nitriles is 1. The summed E-state index contributed by atoms with van der Waals surface area (Å²) in [5.74, 6) is 0.308. The molecule has 0 aromatic heterocycles. The van der Waals surface area contributed by atoms with Gasteiger partial charge in [-0.05, 0) is 25.0 Å². The molecule has 0 fully saturated rings. The van der Waals surface area contributed by atoms with Gasteiger partial charge in [-0.3, -0.25) is 0 Å². The third-order valence-electron chi connectivity index (χ3n) is 2.07. The fraction of sp³-hybridized carbons (Fsp3) is 0.417. The van der Waals surface area contributed by atoms with Crippen molar-refractivity contribution in [1.29, 1.82) is 5.26 Å². The quantitative estimate of drug-likeness (QED) is 0.768. The molecule has 92 valence electrons. The normalized spacial score (nSPS) is 10.1. The van der Waals surface area contributed by atoms with E-state index in [9.17, 15) is 8.78 Å². The number of benzene rings is 1. The number of para-hydroxylation sites is 1. The van der Waals surface area contributed by atoms with E-state index in [0.29, 0.717) is 18.6 Å². The lowest BCUT2D eigenvalue weighted by Crippen LogP contribution is -2.07. The highest BCUT2D eigenvalue weighted by molar-refractivity contribution is 5.46. The fourth-order valence-electron chi connectivity index (χ4n) is 1.44. The molecule has 0 aliphatic heterocycles. The molecule has 0 amide bonds. The van der Waals surface area contributed by atoms with Crippen molar-refractivity contribution in [2.75, 3.05) is 6.61 Å². The van der Waals surface area contributed by atoms with Crippen molar-refractivity contribution >= 4 is 0 Å². The zero-order valence-electron chi connectivity index (χ0n) is 9.45.